The SMILES string of the molecule is CCCCCCCCCc1cc(Cc2cc(CCCCCCCCC)c(CCCCCC(C)C)c(Cc3cc(CCCCCCCCC)cc(CC(O)CCCCCCC)c3)c2)cc(CC(O)CCCCCCC)c1. The molecule has 0 amide bonds. The van der Waals surface area contributed by atoms with Gasteiger partial charge in [-0.3, -0.25) is 0 Å². The molecule has 0 aliphatic heterocycles. The zero-order valence-corrected chi connectivity index (χ0v) is 51.1. The maximum Gasteiger partial charge on any atom is 0.0580 e. The molecule has 2 nitrogen and oxygen atoms in total. The lowest BCUT2D eigenvalue weighted by Crippen LogP contribution is -2.11. The molecule has 0 radical (unpaired) electrons. The van der Waals surface area contributed by atoms with E-state index in [4.69, 9.17) is 0 Å². The summed E-state index contributed by atoms with van der Waals surface area (Å²) in [5, 5.41) is 22.9. The molecule has 2 heteroatoms. The second-order valence-corrected chi connectivity index (χ2v) is 24.8. The van der Waals surface area contributed by atoms with E-state index in [9.17, 15) is 10.2 Å². The van der Waals surface area contributed by atoms with E-state index >= 15 is 0 Å². The average Bonchev–Trinajstić information content (AvgIpc) is 3.38. The maximum absolute atomic E-state index is 11.5. The summed E-state index contributed by atoms with van der Waals surface area (Å²) < 4.78 is 0. The van der Waals surface area contributed by atoms with Crippen LogP contribution in [0.25, 0.3) is 0 Å². The highest BCUT2D eigenvalue weighted by Gasteiger charge is 2.17. The molecule has 3 rings (SSSR count). The van der Waals surface area contributed by atoms with E-state index in [0.29, 0.717) is 0 Å². The molecule has 0 bridgehead atoms. The number of hydrogen-bond acceptors (Lipinski definition) is 2. The first-order valence-corrected chi connectivity index (χ1v) is 33.4. The molecule has 0 aliphatic rings. The maximum atomic E-state index is 11.5. The van der Waals surface area contributed by atoms with Gasteiger partial charge in [0.1, 0.15) is 0 Å². The number of unbranched alkanes of at least 4 members (excludes halogenated alkanes) is 28. The van der Waals surface area contributed by atoms with Gasteiger partial charge in [0, 0.05) is 0 Å². The van der Waals surface area contributed by atoms with Gasteiger partial charge in [0.25, 0.3) is 0 Å². The van der Waals surface area contributed by atoms with Crippen LogP contribution < -0.4 is 0 Å². The first-order valence-electron chi connectivity index (χ1n) is 33.4. The van der Waals surface area contributed by atoms with Gasteiger partial charge in [-0.1, -0.05) is 296 Å². The molecule has 2 atom stereocenters. The van der Waals surface area contributed by atoms with Gasteiger partial charge in [-0.2, -0.15) is 0 Å². The average molecular weight is 1030 g/mol. The largest absolute Gasteiger partial charge is 0.393 e. The van der Waals surface area contributed by atoms with Crippen LogP contribution in [-0.4, -0.2) is 22.4 Å². The molecule has 428 valence electrons. The first kappa shape index (κ1) is 66.9. The van der Waals surface area contributed by atoms with Crippen LogP contribution in [0.1, 0.15) is 342 Å². The predicted molar refractivity (Wildman–Crippen MR) is 333 cm³/mol. The Bertz CT molecular complexity index is 1800. The molecule has 0 heterocycles. The van der Waals surface area contributed by atoms with Crippen LogP contribution >= 0.6 is 0 Å². The van der Waals surface area contributed by atoms with Crippen molar-refractivity contribution in [2.45, 2.75) is 350 Å². The molecule has 0 aromatic heterocycles. The van der Waals surface area contributed by atoms with Crippen LogP contribution in [0.15, 0.2) is 48.5 Å². The minimum atomic E-state index is -0.273. The second kappa shape index (κ2) is 44.4. The molecule has 75 heavy (non-hydrogen) atoms. The summed E-state index contributed by atoms with van der Waals surface area (Å²) in [6, 6.07) is 20.3. The molecule has 0 aliphatic carbocycles. The minimum Gasteiger partial charge on any atom is -0.393 e. The van der Waals surface area contributed by atoms with Crippen LogP contribution in [-0.2, 0) is 51.4 Å². The van der Waals surface area contributed by atoms with Gasteiger partial charge in [-0.15, -0.1) is 0 Å². The van der Waals surface area contributed by atoms with E-state index in [-0.39, 0.29) is 12.2 Å². The van der Waals surface area contributed by atoms with E-state index in [1.807, 2.05) is 0 Å². The topological polar surface area (TPSA) is 40.5 Å². The quantitative estimate of drug-likeness (QED) is 0.0553. The molecular weight excluding hydrogens is 909 g/mol. The molecule has 3 aromatic carbocycles. The number of aliphatic hydroxyl groups excluding tert-OH is 2. The van der Waals surface area contributed by atoms with Gasteiger partial charge in [0.05, 0.1) is 12.2 Å². The summed E-state index contributed by atoms with van der Waals surface area (Å²) in [6.45, 7) is 16.3. The summed E-state index contributed by atoms with van der Waals surface area (Å²) >= 11 is 0. The van der Waals surface area contributed by atoms with Gasteiger partial charge in [-0.25, -0.2) is 0 Å². The fraction of sp³-hybridized carbons (Fsp3) is 0.753. The Balaban J connectivity index is 2.09. The molecule has 3 aromatic rings. The Morgan fingerprint density at radius 2 is 0.587 bits per heavy atom. The number of rotatable bonds is 50. The fourth-order valence-electron chi connectivity index (χ4n) is 12.1. The summed E-state index contributed by atoms with van der Waals surface area (Å²) in [5.41, 5.74) is 14.8. The summed E-state index contributed by atoms with van der Waals surface area (Å²) in [6.07, 6.45) is 55.1. The Morgan fingerprint density at radius 1 is 0.280 bits per heavy atom. The Hall–Kier alpha value is -2.42. The van der Waals surface area contributed by atoms with Crippen molar-refractivity contribution in [1.82, 2.24) is 0 Å². The molecule has 2 N–H and O–H groups in total. The zero-order chi connectivity index (χ0) is 54.0. The van der Waals surface area contributed by atoms with Crippen molar-refractivity contribution in [3.05, 3.63) is 104 Å². The molecule has 0 spiro atoms. The first-order chi connectivity index (χ1) is 36.7. The van der Waals surface area contributed by atoms with Crippen molar-refractivity contribution in [3.8, 4) is 0 Å². The second-order valence-electron chi connectivity index (χ2n) is 24.8. The molecule has 0 saturated carbocycles. The van der Waals surface area contributed by atoms with Crippen molar-refractivity contribution < 1.29 is 10.2 Å². The van der Waals surface area contributed by atoms with Gasteiger partial charge >= 0.3 is 0 Å². The smallest absolute Gasteiger partial charge is 0.0580 e. The molecular formula is C73H124O2. The fourth-order valence-corrected chi connectivity index (χ4v) is 12.1. The van der Waals surface area contributed by atoms with Crippen molar-refractivity contribution in [2.24, 2.45) is 5.92 Å². The highest BCUT2D eigenvalue weighted by Crippen LogP contribution is 2.30. The minimum absolute atomic E-state index is 0.272. The zero-order valence-electron chi connectivity index (χ0n) is 51.1. The predicted octanol–water partition coefficient (Wildman–Crippen LogP) is 22.0. The third kappa shape index (κ3) is 32.9. The normalized spacial score (nSPS) is 12.6. The monoisotopic (exact) mass is 1030 g/mol. The third-order valence-electron chi connectivity index (χ3n) is 16.6. The highest BCUT2D eigenvalue weighted by molar-refractivity contribution is 5.46. The Kier molecular flexibility index (Phi) is 39.6. The lowest BCUT2D eigenvalue weighted by molar-refractivity contribution is 0.160. The van der Waals surface area contributed by atoms with Gasteiger partial charge in [0.15, 0.2) is 0 Å². The Labute approximate surface area is 467 Å². The summed E-state index contributed by atoms with van der Waals surface area (Å²) in [7, 11) is 0. The number of hydrogen-bond donors (Lipinski definition) is 2. The van der Waals surface area contributed by atoms with E-state index < -0.39 is 0 Å². The lowest BCUT2D eigenvalue weighted by Gasteiger charge is -2.20. The van der Waals surface area contributed by atoms with Crippen molar-refractivity contribution >= 4 is 0 Å². The third-order valence-corrected chi connectivity index (χ3v) is 16.6. The molecule has 2 unspecified atom stereocenters. The van der Waals surface area contributed by atoms with Crippen LogP contribution in [0.4, 0.5) is 0 Å². The van der Waals surface area contributed by atoms with Crippen LogP contribution in [0.5, 0.6) is 0 Å². The van der Waals surface area contributed by atoms with Crippen LogP contribution in [0, 0.1) is 5.92 Å². The van der Waals surface area contributed by atoms with Crippen molar-refractivity contribution in [1.29, 1.82) is 0 Å². The van der Waals surface area contributed by atoms with Gasteiger partial charge in [0.2, 0.25) is 0 Å². The lowest BCUT2D eigenvalue weighted by atomic mass is 9.85. The standard InChI is InChI=1S/C73H124O2/c1-8-13-18-23-26-31-36-43-62-49-64(53-66(51-62)59-71(74)46-39-29-21-16-11-4)54-68-56-69(45-38-33-28-25-20-15-10-3)73(48-41-34-35-42-61(6)7)70(58-68)57-65-50-63(44-37-32-27-24-19-14-9-2)52-67(55-65)60-72(75)47-40-30-22-17-12-5/h49-53,55-56,58,61,71-72,74-75H,8-48,54,57,59-60H2,1-7H3. The number of aliphatic hydroxyl groups is 2. The molecule has 0 fully saturated rings. The van der Waals surface area contributed by atoms with E-state index in [1.165, 1.54) is 264 Å². The van der Waals surface area contributed by atoms with Crippen LogP contribution in [0.2, 0.25) is 0 Å². The highest BCUT2D eigenvalue weighted by atomic mass is 16.3. The number of benzene rings is 3. The summed E-state index contributed by atoms with van der Waals surface area (Å²) in [4.78, 5) is 0. The van der Waals surface area contributed by atoms with Crippen molar-refractivity contribution in [2.75, 3.05) is 0 Å². The van der Waals surface area contributed by atoms with Crippen LogP contribution in [0.3, 0.4) is 0 Å². The van der Waals surface area contributed by atoms with E-state index in [2.05, 4.69) is 97.0 Å². The van der Waals surface area contributed by atoms with Gasteiger partial charge < -0.3 is 10.2 Å². The van der Waals surface area contributed by atoms with Crippen molar-refractivity contribution in [3.63, 3.8) is 0 Å². The molecule has 0 saturated heterocycles. The summed E-state index contributed by atoms with van der Waals surface area (Å²) in [5.74, 6) is 0.767. The van der Waals surface area contributed by atoms with Gasteiger partial charge in [-0.05, 0) is 151 Å². The van der Waals surface area contributed by atoms with E-state index in [0.717, 1.165) is 70.1 Å². The Morgan fingerprint density at radius 3 is 1.03 bits per heavy atom. The number of aryl methyl sites for hydroxylation is 3. The van der Waals surface area contributed by atoms with E-state index in [1.54, 1.807) is 16.7 Å².